The summed E-state index contributed by atoms with van der Waals surface area (Å²) in [5, 5.41) is 53.2. The summed E-state index contributed by atoms with van der Waals surface area (Å²) in [6.45, 7) is 4.12. The molecular weight excluding hydrogens is 780 g/mol. The van der Waals surface area contributed by atoms with Crippen LogP contribution in [-0.2, 0) is 39.6 Å². The Kier molecular flexibility index (Phi) is 11.6. The number of methoxy groups -OCH3 is 1. The standard InChI is InChI=1S/C42H48N6O12/c1-19-24-14-42(57,29(50)18-49)15-28(35(24)40(55)36-33(19)38(53)23-8-7-9-27(58-6)34(23)39(36)54)60-32-13-25(37(52)20(2)59-32)43-11-10-31(51)45-22-12-26(48(5)16-22)41(56)46-30-17-47(4)21(3)44-30/h7-9,12,16-17,20,25,28,32,37,43,49,52,55,57H,10-11,13-15,18H2,1-6H3,(H,45,51)(H,46,56)/t20-,25-,28+,32?,37+,42-/m0/s1. The van der Waals surface area contributed by atoms with Gasteiger partial charge in [0.2, 0.25) is 11.7 Å². The Balaban J connectivity index is 1.07. The Morgan fingerprint density at radius 3 is 2.48 bits per heavy atom. The molecule has 6 atom stereocenters. The number of Topliss-reactive ketones (excluding diaryl/α,β-unsaturated/α-hetero) is 1. The largest absolute Gasteiger partial charge is 0.507 e. The number of ketones is 3. The highest BCUT2D eigenvalue weighted by molar-refractivity contribution is 6.31. The number of anilines is 2. The molecule has 0 spiro atoms. The van der Waals surface area contributed by atoms with E-state index < -0.39 is 78.3 Å². The number of carbonyl (C=O) groups excluding carboxylic acids is 5. The molecule has 0 bridgehead atoms. The van der Waals surface area contributed by atoms with E-state index >= 15 is 0 Å². The van der Waals surface area contributed by atoms with Crippen molar-refractivity contribution in [3.05, 3.63) is 87.1 Å². The zero-order valence-corrected chi connectivity index (χ0v) is 34.0. The van der Waals surface area contributed by atoms with E-state index in [9.17, 15) is 44.4 Å². The lowest BCUT2D eigenvalue weighted by Gasteiger charge is -2.43. The number of hydrogen-bond donors (Lipinski definition) is 7. The summed E-state index contributed by atoms with van der Waals surface area (Å²) in [4.78, 5) is 71.2. The molecule has 18 nitrogen and oxygen atoms in total. The molecule has 1 aliphatic heterocycles. The molecule has 318 valence electrons. The van der Waals surface area contributed by atoms with Crippen LogP contribution in [0.2, 0.25) is 0 Å². The van der Waals surface area contributed by atoms with Crippen molar-refractivity contribution >= 4 is 40.7 Å². The van der Waals surface area contributed by atoms with E-state index in [2.05, 4.69) is 20.9 Å². The number of aliphatic hydroxyl groups is 3. The SMILES string of the molecule is COc1cccc2c1C(=O)c1c(O)c3c(c(C)c1C2=O)C[C@@](O)(C(=O)CO)C[C@H]3OC1C[C@H](NCCC(=O)Nc2cc(C(=O)Nc3cn(C)c(C)n3)n(C)c2)[C@H](O)[C@H](C)O1. The first-order chi connectivity index (χ1) is 28.5. The predicted molar refractivity (Wildman–Crippen MR) is 213 cm³/mol. The summed E-state index contributed by atoms with van der Waals surface area (Å²) in [5.74, 6) is -2.17. The predicted octanol–water partition coefficient (Wildman–Crippen LogP) is 1.90. The topological polar surface area (TPSA) is 253 Å². The fraction of sp³-hybridized carbons (Fsp3) is 0.429. The van der Waals surface area contributed by atoms with Crippen LogP contribution < -0.4 is 20.7 Å². The van der Waals surface area contributed by atoms with Gasteiger partial charge in [-0.2, -0.15) is 0 Å². The maximum atomic E-state index is 14.1. The van der Waals surface area contributed by atoms with Gasteiger partial charge >= 0.3 is 0 Å². The van der Waals surface area contributed by atoms with Crippen molar-refractivity contribution in [2.45, 2.75) is 82.7 Å². The number of aromatic nitrogens is 3. The van der Waals surface area contributed by atoms with E-state index in [1.165, 1.54) is 19.2 Å². The van der Waals surface area contributed by atoms with Gasteiger partial charge in [-0.3, -0.25) is 24.0 Å². The molecule has 4 aromatic rings. The molecule has 0 saturated carbocycles. The summed E-state index contributed by atoms with van der Waals surface area (Å²) < 4.78 is 21.2. The number of benzene rings is 2. The van der Waals surface area contributed by atoms with Gasteiger partial charge in [-0.15, -0.1) is 0 Å². The maximum absolute atomic E-state index is 14.1. The first-order valence-electron chi connectivity index (χ1n) is 19.5. The molecule has 2 aliphatic carbocycles. The second kappa shape index (κ2) is 16.4. The number of ether oxygens (including phenoxy) is 3. The minimum Gasteiger partial charge on any atom is -0.507 e. The van der Waals surface area contributed by atoms with Gasteiger partial charge < -0.3 is 59.7 Å². The third-order valence-corrected chi connectivity index (χ3v) is 11.7. The lowest BCUT2D eigenvalue weighted by molar-refractivity contribution is -0.249. The molecule has 0 radical (unpaired) electrons. The maximum Gasteiger partial charge on any atom is 0.273 e. The zero-order chi connectivity index (χ0) is 43.4. The number of aromatic hydroxyl groups is 1. The minimum atomic E-state index is -2.17. The van der Waals surface area contributed by atoms with E-state index in [1.807, 2.05) is 14.0 Å². The third kappa shape index (κ3) is 7.61. The molecule has 1 fully saturated rings. The number of fused-ring (bicyclic) bond motifs is 3. The van der Waals surface area contributed by atoms with Gasteiger partial charge in [0.15, 0.2) is 23.7 Å². The van der Waals surface area contributed by atoms with Crippen molar-refractivity contribution in [3.63, 3.8) is 0 Å². The lowest BCUT2D eigenvalue weighted by Crippen LogP contribution is -2.55. The molecule has 1 saturated heterocycles. The number of aryl methyl sites for hydroxylation is 3. The van der Waals surface area contributed by atoms with Crippen LogP contribution in [0, 0.1) is 13.8 Å². The number of nitrogens with one attached hydrogen (secondary N) is 3. The summed E-state index contributed by atoms with van der Waals surface area (Å²) in [7, 11) is 4.84. The number of rotatable bonds is 12. The summed E-state index contributed by atoms with van der Waals surface area (Å²) in [6, 6.07) is 5.45. The molecule has 18 heteroatoms. The summed E-state index contributed by atoms with van der Waals surface area (Å²) >= 11 is 0. The molecular formula is C42H48N6O12. The van der Waals surface area contributed by atoms with Crippen LogP contribution in [0.1, 0.15) is 97.1 Å². The van der Waals surface area contributed by atoms with Crippen molar-refractivity contribution < 1.29 is 58.6 Å². The average molecular weight is 829 g/mol. The molecule has 7 rings (SSSR count). The van der Waals surface area contributed by atoms with Gasteiger partial charge in [0.05, 0.1) is 42.2 Å². The number of imidazole rings is 1. The van der Waals surface area contributed by atoms with Crippen molar-refractivity contribution in [2.75, 3.05) is 30.9 Å². The van der Waals surface area contributed by atoms with E-state index in [1.54, 1.807) is 54.6 Å². The monoisotopic (exact) mass is 828 g/mol. The van der Waals surface area contributed by atoms with Crippen molar-refractivity contribution in [3.8, 4) is 11.5 Å². The van der Waals surface area contributed by atoms with Gasteiger partial charge in [0.25, 0.3) is 5.91 Å². The van der Waals surface area contributed by atoms with Gasteiger partial charge in [-0.05, 0) is 44.0 Å². The first-order valence-corrected chi connectivity index (χ1v) is 19.5. The van der Waals surface area contributed by atoms with E-state index in [4.69, 9.17) is 14.2 Å². The Hall–Kier alpha value is -5.76. The first kappa shape index (κ1) is 42.4. The number of phenols is 1. The highest BCUT2D eigenvalue weighted by atomic mass is 16.7. The van der Waals surface area contributed by atoms with Gasteiger partial charge in [-0.1, -0.05) is 12.1 Å². The lowest BCUT2D eigenvalue weighted by atomic mass is 9.70. The molecule has 3 aliphatic rings. The van der Waals surface area contributed by atoms with Gasteiger partial charge in [-0.25, -0.2) is 4.98 Å². The van der Waals surface area contributed by atoms with Crippen LogP contribution in [0.3, 0.4) is 0 Å². The second-order valence-electron chi connectivity index (χ2n) is 15.6. The molecule has 2 aromatic heterocycles. The van der Waals surface area contributed by atoms with E-state index in [0.29, 0.717) is 17.2 Å². The summed E-state index contributed by atoms with van der Waals surface area (Å²) in [6.07, 6.45) is -1.75. The van der Waals surface area contributed by atoms with Crippen molar-refractivity contribution in [1.82, 2.24) is 19.4 Å². The highest BCUT2D eigenvalue weighted by Gasteiger charge is 2.49. The van der Waals surface area contributed by atoms with Crippen LogP contribution in [0.5, 0.6) is 11.5 Å². The number of phenolic OH excluding ortho intramolecular Hbond substituents is 1. The fourth-order valence-electron chi connectivity index (χ4n) is 8.43. The van der Waals surface area contributed by atoms with Gasteiger partial charge in [0.1, 0.15) is 35.2 Å². The smallest absolute Gasteiger partial charge is 0.273 e. The van der Waals surface area contributed by atoms with Crippen molar-refractivity contribution in [2.24, 2.45) is 14.1 Å². The van der Waals surface area contributed by atoms with Crippen LogP contribution >= 0.6 is 0 Å². The Morgan fingerprint density at radius 2 is 1.80 bits per heavy atom. The molecule has 3 heterocycles. The van der Waals surface area contributed by atoms with E-state index in [-0.39, 0.29) is 76.4 Å². The number of nitrogens with zero attached hydrogens (tertiary/aromatic N) is 3. The zero-order valence-electron chi connectivity index (χ0n) is 34.0. The van der Waals surface area contributed by atoms with Crippen LogP contribution in [0.25, 0.3) is 0 Å². The highest BCUT2D eigenvalue weighted by Crippen LogP contribution is 2.50. The minimum absolute atomic E-state index is 0.0130. The number of hydrogen-bond acceptors (Lipinski definition) is 14. The normalized spacial score (nSPS) is 23.4. The average Bonchev–Trinajstić information content (AvgIpc) is 3.73. The Morgan fingerprint density at radius 1 is 1.05 bits per heavy atom. The Bertz CT molecular complexity index is 2400. The van der Waals surface area contributed by atoms with Crippen LogP contribution in [0.15, 0.2) is 36.7 Å². The van der Waals surface area contributed by atoms with Crippen LogP contribution in [0.4, 0.5) is 11.5 Å². The number of amides is 2. The van der Waals surface area contributed by atoms with Gasteiger partial charge in [0, 0.05) is 81.4 Å². The molecule has 7 N–H and O–H groups in total. The quantitative estimate of drug-likeness (QED) is 0.0949. The van der Waals surface area contributed by atoms with Crippen LogP contribution in [-0.4, -0.2) is 114 Å². The molecule has 60 heavy (non-hydrogen) atoms. The Labute approximate surface area is 344 Å². The number of aliphatic hydroxyl groups excluding tert-OH is 2. The summed E-state index contributed by atoms with van der Waals surface area (Å²) in [5.41, 5.74) is -1.21. The number of carbonyl (C=O) groups is 5. The second-order valence-corrected chi connectivity index (χ2v) is 15.6. The fourth-order valence-corrected chi connectivity index (χ4v) is 8.43. The molecule has 2 aromatic carbocycles. The van der Waals surface area contributed by atoms with Crippen molar-refractivity contribution in [1.29, 1.82) is 0 Å². The molecule has 1 unspecified atom stereocenters. The molecule has 2 amide bonds. The van der Waals surface area contributed by atoms with E-state index in [0.717, 1.165) is 5.82 Å². The third-order valence-electron chi connectivity index (χ3n) is 11.7.